The molecule has 108 valence electrons. The molecule has 5 heteroatoms. The highest BCUT2D eigenvalue weighted by molar-refractivity contribution is 5.60. The van der Waals surface area contributed by atoms with E-state index in [0.29, 0.717) is 18.2 Å². The number of nitrogens with zero attached hydrogens (tertiary/aromatic N) is 3. The quantitative estimate of drug-likeness (QED) is 0.791. The number of hydrogen-bond acceptors (Lipinski definition) is 4. The van der Waals surface area contributed by atoms with Crippen molar-refractivity contribution in [3.05, 3.63) is 42.5 Å². The van der Waals surface area contributed by atoms with Crippen LogP contribution in [-0.4, -0.2) is 23.1 Å². The molecule has 0 saturated carbocycles. The van der Waals surface area contributed by atoms with Crippen molar-refractivity contribution in [2.24, 2.45) is 0 Å². The van der Waals surface area contributed by atoms with Crippen LogP contribution in [0.25, 0.3) is 0 Å². The fraction of sp³-hybridized carbons (Fsp3) is 0.250. The third kappa shape index (κ3) is 3.93. The summed E-state index contributed by atoms with van der Waals surface area (Å²) in [6.45, 7) is 4.64. The third-order valence-corrected chi connectivity index (χ3v) is 2.81. The highest BCUT2D eigenvalue weighted by Crippen LogP contribution is 2.25. The summed E-state index contributed by atoms with van der Waals surface area (Å²) in [7, 11) is 0. The zero-order chi connectivity index (χ0) is 15.1. The third-order valence-electron chi connectivity index (χ3n) is 2.81. The van der Waals surface area contributed by atoms with Gasteiger partial charge in [-0.2, -0.15) is 0 Å². The predicted molar refractivity (Wildman–Crippen MR) is 80.1 cm³/mol. The van der Waals surface area contributed by atoms with E-state index in [2.05, 4.69) is 21.8 Å². The van der Waals surface area contributed by atoms with Crippen LogP contribution in [0.15, 0.2) is 36.7 Å². The lowest BCUT2D eigenvalue weighted by Crippen LogP contribution is -2.17. The van der Waals surface area contributed by atoms with E-state index < -0.39 is 0 Å². The molecule has 0 aliphatic heterocycles. The molecule has 2 rings (SSSR count). The van der Waals surface area contributed by atoms with Crippen LogP contribution >= 0.6 is 0 Å². The smallest absolute Gasteiger partial charge is 0.219 e. The van der Waals surface area contributed by atoms with Gasteiger partial charge in [-0.3, -0.25) is 0 Å². The fourth-order valence-electron chi connectivity index (χ4n) is 1.86. The highest BCUT2D eigenvalue weighted by atomic mass is 19.1. The van der Waals surface area contributed by atoms with Gasteiger partial charge < -0.3 is 9.64 Å². The standard InChI is InChI=1S/C16H16FN3O/c1-3-5-9-21-16-11-15(18-12-19-16)20(4-2)14-8-6-7-13(17)10-14/h6-8,10-12H,4,9H2,1-2H3. The summed E-state index contributed by atoms with van der Waals surface area (Å²) in [6.07, 6.45) is 1.42. The van der Waals surface area contributed by atoms with E-state index in [0.717, 1.165) is 5.69 Å². The molecule has 0 saturated heterocycles. The van der Waals surface area contributed by atoms with Gasteiger partial charge in [0.25, 0.3) is 0 Å². The molecule has 0 unspecified atom stereocenters. The van der Waals surface area contributed by atoms with Crippen molar-refractivity contribution >= 4 is 11.5 Å². The van der Waals surface area contributed by atoms with E-state index in [-0.39, 0.29) is 12.4 Å². The highest BCUT2D eigenvalue weighted by Gasteiger charge is 2.10. The minimum atomic E-state index is -0.283. The number of halogens is 1. The molecule has 0 N–H and O–H groups in total. The Morgan fingerprint density at radius 2 is 2.14 bits per heavy atom. The second-order valence-corrected chi connectivity index (χ2v) is 4.15. The number of aromatic nitrogens is 2. The summed E-state index contributed by atoms with van der Waals surface area (Å²) >= 11 is 0. The summed E-state index contributed by atoms with van der Waals surface area (Å²) in [5.41, 5.74) is 0.732. The van der Waals surface area contributed by atoms with Gasteiger partial charge in [0.1, 0.15) is 18.0 Å². The Hall–Kier alpha value is -2.61. The van der Waals surface area contributed by atoms with Gasteiger partial charge in [-0.15, -0.1) is 5.92 Å². The Bertz CT molecular complexity index is 664. The van der Waals surface area contributed by atoms with Crippen LogP contribution in [0.5, 0.6) is 5.88 Å². The normalized spacial score (nSPS) is 9.67. The number of ether oxygens (including phenoxy) is 1. The number of anilines is 2. The Labute approximate surface area is 123 Å². The molecule has 0 spiro atoms. The van der Waals surface area contributed by atoms with E-state index in [4.69, 9.17) is 4.74 Å². The van der Waals surface area contributed by atoms with Crippen molar-refractivity contribution < 1.29 is 9.13 Å². The van der Waals surface area contributed by atoms with Gasteiger partial charge in [0.2, 0.25) is 5.88 Å². The number of hydrogen-bond donors (Lipinski definition) is 0. The Morgan fingerprint density at radius 1 is 1.29 bits per heavy atom. The maximum atomic E-state index is 13.4. The SMILES string of the molecule is CC#CCOc1cc(N(CC)c2cccc(F)c2)ncn1. The van der Waals surface area contributed by atoms with E-state index in [9.17, 15) is 4.39 Å². The first kappa shape index (κ1) is 14.8. The molecule has 4 nitrogen and oxygen atoms in total. The molecular formula is C16H16FN3O. The summed E-state index contributed by atoms with van der Waals surface area (Å²) in [5.74, 6) is 6.36. The van der Waals surface area contributed by atoms with Gasteiger partial charge in [-0.05, 0) is 32.0 Å². The molecule has 0 bridgehead atoms. The molecule has 1 aromatic carbocycles. The van der Waals surface area contributed by atoms with Crippen molar-refractivity contribution in [3.63, 3.8) is 0 Å². The summed E-state index contributed by atoms with van der Waals surface area (Å²) in [4.78, 5) is 10.1. The lowest BCUT2D eigenvalue weighted by Gasteiger charge is -2.22. The topological polar surface area (TPSA) is 38.2 Å². The second-order valence-electron chi connectivity index (χ2n) is 4.15. The molecule has 0 aliphatic carbocycles. The number of benzene rings is 1. The lowest BCUT2D eigenvalue weighted by atomic mass is 10.2. The van der Waals surface area contributed by atoms with Crippen molar-refractivity contribution in [3.8, 4) is 17.7 Å². The predicted octanol–water partition coefficient (Wildman–Crippen LogP) is 3.18. The van der Waals surface area contributed by atoms with E-state index in [1.807, 2.05) is 17.9 Å². The van der Waals surface area contributed by atoms with Crippen molar-refractivity contribution in [2.45, 2.75) is 13.8 Å². The monoisotopic (exact) mass is 285 g/mol. The number of rotatable bonds is 5. The first-order valence-electron chi connectivity index (χ1n) is 6.62. The average Bonchev–Trinajstić information content (AvgIpc) is 2.49. The second kappa shape index (κ2) is 7.25. The fourth-order valence-corrected chi connectivity index (χ4v) is 1.86. The minimum absolute atomic E-state index is 0.277. The molecule has 1 heterocycles. The Morgan fingerprint density at radius 3 is 2.86 bits per heavy atom. The Kier molecular flexibility index (Phi) is 5.10. The minimum Gasteiger partial charge on any atom is -0.464 e. The van der Waals surface area contributed by atoms with E-state index in [1.54, 1.807) is 19.1 Å². The lowest BCUT2D eigenvalue weighted by molar-refractivity contribution is 0.354. The van der Waals surface area contributed by atoms with Gasteiger partial charge in [0, 0.05) is 18.3 Å². The maximum Gasteiger partial charge on any atom is 0.219 e. The molecular weight excluding hydrogens is 269 g/mol. The zero-order valence-electron chi connectivity index (χ0n) is 12.0. The van der Waals surface area contributed by atoms with Crippen LogP contribution < -0.4 is 9.64 Å². The van der Waals surface area contributed by atoms with Gasteiger partial charge in [-0.25, -0.2) is 14.4 Å². The van der Waals surface area contributed by atoms with Crippen molar-refractivity contribution in [2.75, 3.05) is 18.1 Å². The summed E-state index contributed by atoms with van der Waals surface area (Å²) in [5, 5.41) is 0. The molecule has 0 amide bonds. The maximum absolute atomic E-state index is 13.4. The van der Waals surface area contributed by atoms with Crippen LogP contribution in [0, 0.1) is 17.7 Å². The summed E-state index contributed by atoms with van der Waals surface area (Å²) < 4.78 is 18.8. The van der Waals surface area contributed by atoms with Crippen LogP contribution in [0.4, 0.5) is 15.9 Å². The van der Waals surface area contributed by atoms with Crippen LogP contribution in [-0.2, 0) is 0 Å². The first-order valence-corrected chi connectivity index (χ1v) is 6.62. The summed E-state index contributed by atoms with van der Waals surface area (Å²) in [6, 6.07) is 8.09. The average molecular weight is 285 g/mol. The molecule has 21 heavy (non-hydrogen) atoms. The van der Waals surface area contributed by atoms with Crippen molar-refractivity contribution in [1.82, 2.24) is 9.97 Å². The molecule has 0 atom stereocenters. The Balaban J connectivity index is 2.25. The van der Waals surface area contributed by atoms with Gasteiger partial charge in [0.05, 0.1) is 0 Å². The zero-order valence-corrected chi connectivity index (χ0v) is 12.0. The van der Waals surface area contributed by atoms with Crippen LogP contribution in [0.2, 0.25) is 0 Å². The molecule has 1 aromatic heterocycles. The van der Waals surface area contributed by atoms with Gasteiger partial charge in [0.15, 0.2) is 6.61 Å². The largest absolute Gasteiger partial charge is 0.464 e. The van der Waals surface area contributed by atoms with Gasteiger partial charge >= 0.3 is 0 Å². The first-order chi connectivity index (χ1) is 10.2. The van der Waals surface area contributed by atoms with E-state index >= 15 is 0 Å². The molecule has 0 aliphatic rings. The molecule has 0 fully saturated rings. The molecule has 0 radical (unpaired) electrons. The van der Waals surface area contributed by atoms with Crippen molar-refractivity contribution in [1.29, 1.82) is 0 Å². The van der Waals surface area contributed by atoms with Gasteiger partial charge in [-0.1, -0.05) is 12.0 Å². The van der Waals surface area contributed by atoms with Crippen LogP contribution in [0.1, 0.15) is 13.8 Å². The van der Waals surface area contributed by atoms with E-state index in [1.165, 1.54) is 18.5 Å². The van der Waals surface area contributed by atoms with Crippen LogP contribution in [0.3, 0.4) is 0 Å². The molecule has 2 aromatic rings.